The third-order valence-corrected chi connectivity index (χ3v) is 3.02. The van der Waals surface area contributed by atoms with Gasteiger partial charge in [0, 0.05) is 13.0 Å². The number of aryl methyl sites for hydroxylation is 2. The van der Waals surface area contributed by atoms with Crippen LogP contribution in [0.3, 0.4) is 0 Å². The SMILES string of the molecule is Cc1ccc(OC2(C)CCNC2)c(C)c1. The molecule has 1 atom stereocenters. The minimum atomic E-state index is -0.0278. The van der Waals surface area contributed by atoms with E-state index in [0.717, 1.165) is 25.3 Å². The van der Waals surface area contributed by atoms with Gasteiger partial charge in [0.25, 0.3) is 0 Å². The molecule has 2 heteroatoms. The van der Waals surface area contributed by atoms with Crippen LogP contribution >= 0.6 is 0 Å². The Hall–Kier alpha value is -1.02. The summed E-state index contributed by atoms with van der Waals surface area (Å²) in [7, 11) is 0. The molecular weight excluding hydrogens is 186 g/mol. The van der Waals surface area contributed by atoms with Gasteiger partial charge in [0.15, 0.2) is 0 Å². The first kappa shape index (κ1) is 10.5. The number of hydrogen-bond acceptors (Lipinski definition) is 2. The lowest BCUT2D eigenvalue weighted by Gasteiger charge is -2.26. The second kappa shape index (κ2) is 3.86. The minimum absolute atomic E-state index is 0.0278. The van der Waals surface area contributed by atoms with E-state index in [2.05, 4.69) is 44.3 Å². The van der Waals surface area contributed by atoms with Gasteiger partial charge in [-0.3, -0.25) is 0 Å². The summed E-state index contributed by atoms with van der Waals surface area (Å²) in [5.41, 5.74) is 2.48. The van der Waals surface area contributed by atoms with Crippen LogP contribution in [-0.2, 0) is 0 Å². The van der Waals surface area contributed by atoms with Gasteiger partial charge < -0.3 is 10.1 Å². The van der Waals surface area contributed by atoms with Crippen molar-refractivity contribution in [2.75, 3.05) is 13.1 Å². The molecule has 2 nitrogen and oxygen atoms in total. The number of nitrogens with one attached hydrogen (secondary N) is 1. The average Bonchev–Trinajstić information content (AvgIpc) is 2.58. The van der Waals surface area contributed by atoms with E-state index in [1.807, 2.05) is 0 Å². The van der Waals surface area contributed by atoms with Crippen LogP contribution in [0.15, 0.2) is 18.2 Å². The lowest BCUT2D eigenvalue weighted by Crippen LogP contribution is -2.34. The Morgan fingerprint density at radius 1 is 1.33 bits per heavy atom. The third kappa shape index (κ3) is 2.32. The largest absolute Gasteiger partial charge is 0.486 e. The lowest BCUT2D eigenvalue weighted by atomic mass is 10.1. The summed E-state index contributed by atoms with van der Waals surface area (Å²) in [5.74, 6) is 1.02. The van der Waals surface area contributed by atoms with E-state index in [4.69, 9.17) is 4.74 Å². The van der Waals surface area contributed by atoms with Crippen molar-refractivity contribution in [3.05, 3.63) is 29.3 Å². The second-order valence-electron chi connectivity index (χ2n) is 4.75. The van der Waals surface area contributed by atoms with Crippen LogP contribution in [0.4, 0.5) is 0 Å². The van der Waals surface area contributed by atoms with Gasteiger partial charge in [0.2, 0.25) is 0 Å². The van der Waals surface area contributed by atoms with E-state index in [1.54, 1.807) is 0 Å². The zero-order valence-corrected chi connectivity index (χ0v) is 9.76. The quantitative estimate of drug-likeness (QED) is 0.800. The van der Waals surface area contributed by atoms with E-state index < -0.39 is 0 Å². The molecule has 0 radical (unpaired) electrons. The number of benzene rings is 1. The lowest BCUT2D eigenvalue weighted by molar-refractivity contribution is 0.110. The smallest absolute Gasteiger partial charge is 0.123 e. The Morgan fingerprint density at radius 3 is 2.73 bits per heavy atom. The first-order chi connectivity index (χ1) is 7.09. The number of rotatable bonds is 2. The molecule has 1 aromatic rings. The summed E-state index contributed by atoms with van der Waals surface area (Å²) >= 11 is 0. The zero-order chi connectivity index (χ0) is 10.9. The van der Waals surface area contributed by atoms with E-state index in [0.29, 0.717) is 0 Å². The van der Waals surface area contributed by atoms with Gasteiger partial charge in [-0.1, -0.05) is 17.7 Å². The maximum absolute atomic E-state index is 6.09. The standard InChI is InChI=1S/C13H19NO/c1-10-4-5-12(11(2)8-10)15-13(3)6-7-14-9-13/h4-5,8,14H,6-7,9H2,1-3H3. The fourth-order valence-electron chi connectivity index (χ4n) is 2.06. The maximum Gasteiger partial charge on any atom is 0.123 e. The van der Waals surface area contributed by atoms with Crippen molar-refractivity contribution >= 4 is 0 Å². The Bertz CT molecular complexity index is 354. The Labute approximate surface area is 91.6 Å². The van der Waals surface area contributed by atoms with Crippen molar-refractivity contribution in [2.45, 2.75) is 32.8 Å². The van der Waals surface area contributed by atoms with Crippen molar-refractivity contribution < 1.29 is 4.74 Å². The molecule has 0 aliphatic carbocycles. The number of ether oxygens (including phenoxy) is 1. The van der Waals surface area contributed by atoms with Crippen molar-refractivity contribution in [1.29, 1.82) is 0 Å². The van der Waals surface area contributed by atoms with E-state index >= 15 is 0 Å². The number of hydrogen-bond donors (Lipinski definition) is 1. The van der Waals surface area contributed by atoms with Gasteiger partial charge in [-0.2, -0.15) is 0 Å². The highest BCUT2D eigenvalue weighted by Gasteiger charge is 2.30. The normalized spacial score (nSPS) is 25.5. The molecule has 1 aliphatic rings. The zero-order valence-electron chi connectivity index (χ0n) is 9.76. The molecule has 0 aromatic heterocycles. The molecule has 15 heavy (non-hydrogen) atoms. The molecule has 0 saturated carbocycles. The van der Waals surface area contributed by atoms with E-state index in [-0.39, 0.29) is 5.60 Å². The molecule has 1 aliphatic heterocycles. The molecule has 2 rings (SSSR count). The summed E-state index contributed by atoms with van der Waals surface area (Å²) < 4.78 is 6.09. The molecule has 0 bridgehead atoms. The van der Waals surface area contributed by atoms with Crippen LogP contribution in [0.2, 0.25) is 0 Å². The van der Waals surface area contributed by atoms with Crippen molar-refractivity contribution in [1.82, 2.24) is 5.32 Å². The van der Waals surface area contributed by atoms with Crippen molar-refractivity contribution in [3.63, 3.8) is 0 Å². The molecule has 0 spiro atoms. The molecule has 1 unspecified atom stereocenters. The minimum Gasteiger partial charge on any atom is -0.486 e. The van der Waals surface area contributed by atoms with Crippen molar-refractivity contribution in [3.8, 4) is 5.75 Å². The van der Waals surface area contributed by atoms with Gasteiger partial charge in [-0.25, -0.2) is 0 Å². The maximum atomic E-state index is 6.09. The first-order valence-electron chi connectivity index (χ1n) is 5.56. The topological polar surface area (TPSA) is 21.3 Å². The summed E-state index contributed by atoms with van der Waals surface area (Å²) in [6.07, 6.45) is 1.08. The van der Waals surface area contributed by atoms with E-state index in [1.165, 1.54) is 11.1 Å². The molecule has 1 N–H and O–H groups in total. The Balaban J connectivity index is 2.16. The summed E-state index contributed by atoms with van der Waals surface area (Å²) in [6, 6.07) is 6.35. The summed E-state index contributed by atoms with van der Waals surface area (Å²) in [5, 5.41) is 3.34. The van der Waals surface area contributed by atoms with Gasteiger partial charge in [0.05, 0.1) is 0 Å². The highest BCUT2D eigenvalue weighted by atomic mass is 16.5. The van der Waals surface area contributed by atoms with Crippen LogP contribution in [0.5, 0.6) is 5.75 Å². The van der Waals surface area contributed by atoms with Crippen LogP contribution in [0, 0.1) is 13.8 Å². The van der Waals surface area contributed by atoms with E-state index in [9.17, 15) is 0 Å². The van der Waals surface area contributed by atoms with Gasteiger partial charge in [0.1, 0.15) is 11.4 Å². The summed E-state index contributed by atoms with van der Waals surface area (Å²) in [4.78, 5) is 0. The second-order valence-corrected chi connectivity index (χ2v) is 4.75. The first-order valence-corrected chi connectivity index (χ1v) is 5.56. The molecule has 1 aromatic carbocycles. The van der Waals surface area contributed by atoms with Gasteiger partial charge in [-0.05, 0) is 38.9 Å². The predicted octanol–water partition coefficient (Wildman–Crippen LogP) is 2.43. The molecule has 1 saturated heterocycles. The monoisotopic (exact) mass is 205 g/mol. The molecule has 82 valence electrons. The van der Waals surface area contributed by atoms with Gasteiger partial charge >= 0.3 is 0 Å². The van der Waals surface area contributed by atoms with Crippen LogP contribution in [0.25, 0.3) is 0 Å². The average molecular weight is 205 g/mol. The van der Waals surface area contributed by atoms with Crippen LogP contribution in [0.1, 0.15) is 24.5 Å². The van der Waals surface area contributed by atoms with Gasteiger partial charge in [-0.15, -0.1) is 0 Å². The highest BCUT2D eigenvalue weighted by Crippen LogP contribution is 2.26. The Kier molecular flexibility index (Phi) is 2.70. The highest BCUT2D eigenvalue weighted by molar-refractivity contribution is 5.36. The fraction of sp³-hybridized carbons (Fsp3) is 0.538. The Morgan fingerprint density at radius 2 is 2.13 bits per heavy atom. The molecule has 1 fully saturated rings. The predicted molar refractivity (Wildman–Crippen MR) is 62.4 cm³/mol. The van der Waals surface area contributed by atoms with Crippen LogP contribution in [-0.4, -0.2) is 18.7 Å². The molecule has 1 heterocycles. The van der Waals surface area contributed by atoms with Crippen molar-refractivity contribution in [2.24, 2.45) is 0 Å². The molecular formula is C13H19NO. The molecule has 0 amide bonds. The third-order valence-electron chi connectivity index (χ3n) is 3.02. The van der Waals surface area contributed by atoms with Crippen LogP contribution < -0.4 is 10.1 Å². The fourth-order valence-corrected chi connectivity index (χ4v) is 2.06. The summed E-state index contributed by atoms with van der Waals surface area (Å²) in [6.45, 7) is 8.39.